The number of benzene rings is 2. The van der Waals surface area contributed by atoms with E-state index in [4.69, 9.17) is 4.74 Å². The van der Waals surface area contributed by atoms with Crippen LogP contribution < -0.4 is 20.3 Å². The fourth-order valence-electron chi connectivity index (χ4n) is 4.53. The number of aromatic nitrogens is 3. The second kappa shape index (κ2) is 11.4. The summed E-state index contributed by atoms with van der Waals surface area (Å²) in [4.78, 5) is 27.0. The lowest BCUT2D eigenvalue weighted by atomic mass is 10.1. The summed E-state index contributed by atoms with van der Waals surface area (Å²) in [5, 5.41) is 15.9. The van der Waals surface area contributed by atoms with Crippen molar-refractivity contribution < 1.29 is 18.3 Å². The standard InChI is InChI=1S/C26H26F2N8O2/c27-20-12-19(2-3-22(20)36-9-6-30-7-10-36)33-26-32-15-31-25(34-26)17-1-4-23(18(11-17)13-29)38-24-5-8-35(16-37)14-21(24)28/h1-4,11-12,15-16,21,24,30H,5-10,14H2,(H,31,32,33,34). The fourth-order valence-corrected chi connectivity index (χ4v) is 4.53. The van der Waals surface area contributed by atoms with Crippen LogP contribution in [0.4, 0.5) is 26.1 Å². The monoisotopic (exact) mass is 520 g/mol. The second-order valence-electron chi connectivity index (χ2n) is 9.04. The maximum Gasteiger partial charge on any atom is 0.230 e. The molecule has 1 amide bonds. The molecule has 12 heteroatoms. The summed E-state index contributed by atoms with van der Waals surface area (Å²) < 4.78 is 35.0. The average molecular weight is 521 g/mol. The summed E-state index contributed by atoms with van der Waals surface area (Å²) >= 11 is 0. The van der Waals surface area contributed by atoms with Gasteiger partial charge in [0.15, 0.2) is 12.0 Å². The van der Waals surface area contributed by atoms with E-state index >= 15 is 0 Å². The predicted octanol–water partition coefficient (Wildman–Crippen LogP) is 2.65. The number of piperidine rings is 1. The number of amides is 1. The molecule has 3 aromatic rings. The van der Waals surface area contributed by atoms with E-state index in [9.17, 15) is 18.8 Å². The predicted molar refractivity (Wildman–Crippen MR) is 136 cm³/mol. The lowest BCUT2D eigenvalue weighted by molar-refractivity contribution is -0.121. The summed E-state index contributed by atoms with van der Waals surface area (Å²) in [7, 11) is 0. The maximum atomic E-state index is 14.8. The number of anilines is 3. The molecule has 196 valence electrons. The zero-order valence-electron chi connectivity index (χ0n) is 20.5. The SMILES string of the molecule is N#Cc1cc(-c2ncnc(Nc3ccc(N4CCNCC4)c(F)c3)n2)ccc1OC1CCN(C=O)CC1F. The fraction of sp³-hybridized carbons (Fsp3) is 0.346. The first kappa shape index (κ1) is 25.3. The maximum absolute atomic E-state index is 14.8. The molecule has 2 N–H and O–H groups in total. The number of nitrogens with zero attached hydrogens (tertiary/aromatic N) is 6. The highest BCUT2D eigenvalue weighted by molar-refractivity contribution is 5.64. The van der Waals surface area contributed by atoms with Crippen molar-refractivity contribution in [3.8, 4) is 23.2 Å². The lowest BCUT2D eigenvalue weighted by Crippen LogP contribution is -2.46. The van der Waals surface area contributed by atoms with Gasteiger partial charge in [-0.05, 0) is 36.4 Å². The van der Waals surface area contributed by atoms with Gasteiger partial charge >= 0.3 is 0 Å². The number of nitriles is 1. The van der Waals surface area contributed by atoms with E-state index < -0.39 is 12.3 Å². The Morgan fingerprint density at radius 1 is 1.16 bits per heavy atom. The van der Waals surface area contributed by atoms with Gasteiger partial charge in [-0.1, -0.05) is 0 Å². The van der Waals surface area contributed by atoms with Crippen LogP contribution in [-0.4, -0.2) is 77.8 Å². The van der Waals surface area contributed by atoms with E-state index in [0.29, 0.717) is 42.1 Å². The molecule has 2 saturated heterocycles. The van der Waals surface area contributed by atoms with Gasteiger partial charge in [0, 0.05) is 50.4 Å². The van der Waals surface area contributed by atoms with Crippen LogP contribution in [0.5, 0.6) is 5.75 Å². The van der Waals surface area contributed by atoms with Crippen LogP contribution in [0.25, 0.3) is 11.4 Å². The number of alkyl halides is 1. The summed E-state index contributed by atoms with van der Waals surface area (Å²) in [5.74, 6) is 0.417. The molecule has 0 bridgehead atoms. The lowest BCUT2D eigenvalue weighted by Gasteiger charge is -2.32. The number of hydrogen-bond donors (Lipinski definition) is 2. The zero-order valence-corrected chi connectivity index (χ0v) is 20.5. The Morgan fingerprint density at radius 2 is 2.00 bits per heavy atom. The van der Waals surface area contributed by atoms with Crippen molar-refractivity contribution in [2.45, 2.75) is 18.7 Å². The normalized spacial score (nSPS) is 19.5. The highest BCUT2D eigenvalue weighted by Crippen LogP contribution is 2.29. The van der Waals surface area contributed by atoms with E-state index in [-0.39, 0.29) is 29.6 Å². The van der Waals surface area contributed by atoms with E-state index in [1.165, 1.54) is 17.3 Å². The van der Waals surface area contributed by atoms with E-state index in [2.05, 4.69) is 31.7 Å². The summed E-state index contributed by atoms with van der Waals surface area (Å²) in [5.41, 5.74) is 1.77. The third kappa shape index (κ3) is 5.63. The van der Waals surface area contributed by atoms with Gasteiger partial charge in [0.2, 0.25) is 12.4 Å². The third-order valence-corrected chi connectivity index (χ3v) is 6.53. The highest BCUT2D eigenvalue weighted by Gasteiger charge is 2.31. The molecule has 2 unspecified atom stereocenters. The number of likely N-dealkylation sites (tertiary alicyclic amines) is 1. The van der Waals surface area contributed by atoms with Crippen molar-refractivity contribution >= 4 is 23.7 Å². The molecule has 38 heavy (non-hydrogen) atoms. The number of rotatable bonds is 7. The molecule has 0 saturated carbocycles. The van der Waals surface area contributed by atoms with E-state index in [0.717, 1.165) is 26.2 Å². The topological polar surface area (TPSA) is 119 Å². The largest absolute Gasteiger partial charge is 0.486 e. The molecule has 0 spiro atoms. The van der Waals surface area contributed by atoms with E-state index in [1.54, 1.807) is 30.3 Å². The first-order chi connectivity index (χ1) is 18.5. The first-order valence-electron chi connectivity index (χ1n) is 12.3. The highest BCUT2D eigenvalue weighted by atomic mass is 19.1. The number of piperazine rings is 1. The average Bonchev–Trinajstić information content (AvgIpc) is 2.95. The Morgan fingerprint density at radius 3 is 2.74 bits per heavy atom. The van der Waals surface area contributed by atoms with Gasteiger partial charge in [-0.15, -0.1) is 0 Å². The Bertz CT molecular complexity index is 1350. The van der Waals surface area contributed by atoms with Crippen LogP contribution in [-0.2, 0) is 4.79 Å². The van der Waals surface area contributed by atoms with Crippen molar-refractivity contribution in [2.75, 3.05) is 49.5 Å². The Balaban J connectivity index is 1.30. The van der Waals surface area contributed by atoms with Crippen molar-refractivity contribution in [3.05, 3.63) is 54.1 Å². The van der Waals surface area contributed by atoms with Crippen LogP contribution in [0.15, 0.2) is 42.7 Å². The van der Waals surface area contributed by atoms with Gasteiger partial charge in [-0.2, -0.15) is 10.2 Å². The smallest absolute Gasteiger partial charge is 0.230 e. The van der Waals surface area contributed by atoms with Gasteiger partial charge < -0.3 is 25.2 Å². The third-order valence-electron chi connectivity index (χ3n) is 6.53. The zero-order chi connectivity index (χ0) is 26.5. The molecule has 0 aliphatic carbocycles. The molecule has 0 radical (unpaired) electrons. The Kier molecular flexibility index (Phi) is 7.55. The number of hydrogen-bond acceptors (Lipinski definition) is 9. The Hall–Kier alpha value is -4.37. The van der Waals surface area contributed by atoms with Gasteiger partial charge in [0.25, 0.3) is 0 Å². The van der Waals surface area contributed by atoms with Crippen LogP contribution in [0.1, 0.15) is 12.0 Å². The molecule has 2 fully saturated rings. The van der Waals surface area contributed by atoms with Crippen LogP contribution >= 0.6 is 0 Å². The molecule has 2 aliphatic heterocycles. The molecule has 5 rings (SSSR count). The molecule has 2 aliphatic rings. The summed E-state index contributed by atoms with van der Waals surface area (Å²) in [6.45, 7) is 3.44. The van der Waals surface area contributed by atoms with Crippen LogP contribution in [0.2, 0.25) is 0 Å². The molecule has 2 aromatic carbocycles. The number of ether oxygens (including phenoxy) is 1. The van der Waals surface area contributed by atoms with Gasteiger partial charge in [-0.25, -0.2) is 18.7 Å². The molecule has 1 aromatic heterocycles. The first-order valence-corrected chi connectivity index (χ1v) is 12.3. The van der Waals surface area contributed by atoms with E-state index in [1.807, 2.05) is 4.90 Å². The molecular formula is C26H26F2N8O2. The Labute approximate surface area is 218 Å². The quantitative estimate of drug-likeness (QED) is 0.453. The minimum atomic E-state index is -1.35. The number of carbonyl (C=O) groups excluding carboxylic acids is 1. The summed E-state index contributed by atoms with van der Waals surface area (Å²) in [6, 6.07) is 11.8. The van der Waals surface area contributed by atoms with Gasteiger partial charge in [0.05, 0.1) is 17.8 Å². The number of carbonyl (C=O) groups is 1. The van der Waals surface area contributed by atoms with Crippen molar-refractivity contribution in [1.29, 1.82) is 5.26 Å². The van der Waals surface area contributed by atoms with Crippen molar-refractivity contribution in [1.82, 2.24) is 25.2 Å². The van der Waals surface area contributed by atoms with Crippen molar-refractivity contribution in [2.24, 2.45) is 0 Å². The number of halogens is 2. The summed E-state index contributed by atoms with van der Waals surface area (Å²) in [6.07, 6.45) is 0.158. The minimum absolute atomic E-state index is 0.0445. The molecule has 2 atom stereocenters. The van der Waals surface area contributed by atoms with Gasteiger partial charge in [0.1, 0.15) is 30.1 Å². The van der Waals surface area contributed by atoms with Crippen LogP contribution in [0, 0.1) is 17.1 Å². The van der Waals surface area contributed by atoms with Crippen molar-refractivity contribution in [3.63, 3.8) is 0 Å². The molecule has 10 nitrogen and oxygen atoms in total. The van der Waals surface area contributed by atoms with Crippen LogP contribution in [0.3, 0.4) is 0 Å². The van der Waals surface area contributed by atoms with Gasteiger partial charge in [-0.3, -0.25) is 4.79 Å². The molecule has 3 heterocycles. The number of nitrogens with one attached hydrogen (secondary N) is 2. The molecular weight excluding hydrogens is 494 g/mol. The second-order valence-corrected chi connectivity index (χ2v) is 9.04. The minimum Gasteiger partial charge on any atom is -0.486 e.